The second-order valence-electron chi connectivity index (χ2n) is 5.49. The van der Waals surface area contributed by atoms with E-state index in [4.69, 9.17) is 4.74 Å². The van der Waals surface area contributed by atoms with Crippen LogP contribution in [-0.2, 0) is 6.42 Å². The second kappa shape index (κ2) is 4.69. The van der Waals surface area contributed by atoms with Crippen molar-refractivity contribution in [2.75, 3.05) is 7.11 Å². The van der Waals surface area contributed by atoms with Crippen LogP contribution in [0.4, 0.5) is 0 Å². The van der Waals surface area contributed by atoms with Crippen molar-refractivity contribution < 1.29 is 4.74 Å². The molecule has 0 saturated carbocycles. The highest BCUT2D eigenvalue weighted by molar-refractivity contribution is 5.33. The lowest BCUT2D eigenvalue weighted by Gasteiger charge is -2.29. The number of methoxy groups -OCH3 is 1. The Hall–Kier alpha value is -1.02. The number of hydrogen-bond donors (Lipinski definition) is 1. The molecular formula is C15H21NO. The molecule has 2 saturated heterocycles. The Bertz CT molecular complexity index is 378. The van der Waals surface area contributed by atoms with E-state index in [1.54, 1.807) is 7.11 Å². The van der Waals surface area contributed by atoms with Gasteiger partial charge in [-0.2, -0.15) is 0 Å². The number of piperidine rings is 1. The molecule has 1 aromatic carbocycles. The number of rotatable bonds is 3. The second-order valence-corrected chi connectivity index (χ2v) is 5.49. The van der Waals surface area contributed by atoms with Crippen LogP contribution in [0.25, 0.3) is 0 Å². The van der Waals surface area contributed by atoms with E-state index in [2.05, 4.69) is 29.6 Å². The zero-order valence-corrected chi connectivity index (χ0v) is 10.5. The summed E-state index contributed by atoms with van der Waals surface area (Å²) in [6.07, 6.45) is 6.63. The molecule has 2 bridgehead atoms. The molecule has 17 heavy (non-hydrogen) atoms. The van der Waals surface area contributed by atoms with Crippen LogP contribution in [0.1, 0.15) is 31.2 Å². The first kappa shape index (κ1) is 11.1. The Morgan fingerprint density at radius 1 is 1.18 bits per heavy atom. The molecule has 2 aliphatic rings. The molecule has 2 atom stereocenters. The number of para-hydroxylation sites is 1. The molecule has 2 heteroatoms. The summed E-state index contributed by atoms with van der Waals surface area (Å²) in [4.78, 5) is 0. The highest BCUT2D eigenvalue weighted by atomic mass is 16.5. The molecule has 0 radical (unpaired) electrons. The van der Waals surface area contributed by atoms with E-state index in [-0.39, 0.29) is 0 Å². The van der Waals surface area contributed by atoms with Crippen molar-refractivity contribution in [3.05, 3.63) is 29.8 Å². The third-order valence-corrected chi connectivity index (χ3v) is 4.27. The molecule has 0 amide bonds. The summed E-state index contributed by atoms with van der Waals surface area (Å²) in [5.41, 5.74) is 1.38. The van der Waals surface area contributed by atoms with E-state index in [9.17, 15) is 0 Å². The molecule has 2 aliphatic heterocycles. The lowest BCUT2D eigenvalue weighted by atomic mass is 9.87. The highest BCUT2D eigenvalue weighted by Crippen LogP contribution is 2.34. The predicted molar refractivity (Wildman–Crippen MR) is 69.4 cm³/mol. The maximum absolute atomic E-state index is 5.44. The summed E-state index contributed by atoms with van der Waals surface area (Å²) in [5.74, 6) is 1.89. The smallest absolute Gasteiger partial charge is 0.122 e. The topological polar surface area (TPSA) is 21.3 Å². The standard InChI is InChI=1S/C15H21NO/c1-17-15-5-3-2-4-12(15)8-11-9-13-6-7-14(10-11)16-13/h2-5,11,13-14,16H,6-10H2,1H3. The lowest BCUT2D eigenvalue weighted by Crippen LogP contribution is -2.38. The highest BCUT2D eigenvalue weighted by Gasteiger charge is 2.33. The van der Waals surface area contributed by atoms with Crippen LogP contribution in [0.15, 0.2) is 24.3 Å². The van der Waals surface area contributed by atoms with Crippen LogP contribution < -0.4 is 10.1 Å². The van der Waals surface area contributed by atoms with Crippen LogP contribution in [0.3, 0.4) is 0 Å². The Labute approximate surface area is 103 Å². The maximum Gasteiger partial charge on any atom is 0.122 e. The van der Waals surface area contributed by atoms with Gasteiger partial charge < -0.3 is 10.1 Å². The maximum atomic E-state index is 5.44. The fourth-order valence-electron chi connectivity index (χ4n) is 3.52. The largest absolute Gasteiger partial charge is 0.496 e. The molecule has 2 fully saturated rings. The van der Waals surface area contributed by atoms with Crippen molar-refractivity contribution >= 4 is 0 Å². The normalized spacial score (nSPS) is 31.5. The number of ether oxygens (including phenoxy) is 1. The molecule has 2 unspecified atom stereocenters. The zero-order chi connectivity index (χ0) is 11.7. The molecule has 0 aliphatic carbocycles. The van der Waals surface area contributed by atoms with Gasteiger partial charge in [0, 0.05) is 12.1 Å². The average molecular weight is 231 g/mol. The van der Waals surface area contributed by atoms with Crippen molar-refractivity contribution in [1.29, 1.82) is 0 Å². The molecule has 0 aromatic heterocycles. The van der Waals surface area contributed by atoms with Crippen LogP contribution in [0.5, 0.6) is 5.75 Å². The SMILES string of the molecule is COc1ccccc1CC1CC2CCC(C1)N2. The van der Waals surface area contributed by atoms with Crippen LogP contribution in [0.2, 0.25) is 0 Å². The van der Waals surface area contributed by atoms with Crippen molar-refractivity contribution in [2.45, 2.75) is 44.2 Å². The van der Waals surface area contributed by atoms with Gasteiger partial charge in [-0.15, -0.1) is 0 Å². The predicted octanol–water partition coefficient (Wildman–Crippen LogP) is 2.77. The molecule has 1 aromatic rings. The number of benzene rings is 1. The summed E-state index contributed by atoms with van der Waals surface area (Å²) >= 11 is 0. The summed E-state index contributed by atoms with van der Waals surface area (Å²) in [6.45, 7) is 0. The zero-order valence-electron chi connectivity index (χ0n) is 10.5. The van der Waals surface area contributed by atoms with E-state index in [0.29, 0.717) is 0 Å². The van der Waals surface area contributed by atoms with Gasteiger partial charge in [-0.05, 0) is 49.7 Å². The average Bonchev–Trinajstić information content (AvgIpc) is 2.69. The van der Waals surface area contributed by atoms with Gasteiger partial charge in [-0.25, -0.2) is 0 Å². The van der Waals surface area contributed by atoms with Crippen LogP contribution in [0, 0.1) is 5.92 Å². The minimum Gasteiger partial charge on any atom is -0.496 e. The molecule has 2 nitrogen and oxygen atoms in total. The minimum atomic E-state index is 0.786. The molecule has 0 spiro atoms. The molecule has 1 N–H and O–H groups in total. The van der Waals surface area contributed by atoms with E-state index in [1.807, 2.05) is 0 Å². The van der Waals surface area contributed by atoms with E-state index < -0.39 is 0 Å². The van der Waals surface area contributed by atoms with Gasteiger partial charge >= 0.3 is 0 Å². The van der Waals surface area contributed by atoms with E-state index in [1.165, 1.54) is 37.7 Å². The quantitative estimate of drug-likeness (QED) is 0.863. The van der Waals surface area contributed by atoms with Gasteiger partial charge in [0.1, 0.15) is 5.75 Å². The minimum absolute atomic E-state index is 0.786. The van der Waals surface area contributed by atoms with Crippen LogP contribution in [-0.4, -0.2) is 19.2 Å². The van der Waals surface area contributed by atoms with Crippen molar-refractivity contribution in [3.8, 4) is 5.75 Å². The fourth-order valence-corrected chi connectivity index (χ4v) is 3.52. The van der Waals surface area contributed by atoms with Gasteiger partial charge in [0.15, 0.2) is 0 Å². The van der Waals surface area contributed by atoms with Crippen molar-refractivity contribution in [3.63, 3.8) is 0 Å². The molecule has 3 rings (SSSR count). The Kier molecular flexibility index (Phi) is 3.06. The van der Waals surface area contributed by atoms with Crippen LogP contribution >= 0.6 is 0 Å². The van der Waals surface area contributed by atoms with Gasteiger partial charge in [-0.3, -0.25) is 0 Å². The number of hydrogen-bond acceptors (Lipinski definition) is 2. The first-order valence-corrected chi connectivity index (χ1v) is 6.73. The first-order valence-electron chi connectivity index (χ1n) is 6.73. The van der Waals surface area contributed by atoms with Gasteiger partial charge in [0.25, 0.3) is 0 Å². The third-order valence-electron chi connectivity index (χ3n) is 4.27. The number of nitrogens with one attached hydrogen (secondary N) is 1. The first-order chi connectivity index (χ1) is 8.35. The number of fused-ring (bicyclic) bond motifs is 2. The monoisotopic (exact) mass is 231 g/mol. The van der Waals surface area contributed by atoms with Crippen molar-refractivity contribution in [1.82, 2.24) is 5.32 Å². The summed E-state index contributed by atoms with van der Waals surface area (Å²) < 4.78 is 5.44. The Morgan fingerprint density at radius 2 is 1.88 bits per heavy atom. The van der Waals surface area contributed by atoms with Gasteiger partial charge in [-0.1, -0.05) is 18.2 Å². The van der Waals surface area contributed by atoms with E-state index >= 15 is 0 Å². The van der Waals surface area contributed by atoms with Crippen molar-refractivity contribution in [2.24, 2.45) is 5.92 Å². The van der Waals surface area contributed by atoms with Gasteiger partial charge in [0.05, 0.1) is 7.11 Å². The summed E-state index contributed by atoms with van der Waals surface area (Å²) in [5, 5.41) is 3.70. The molecular weight excluding hydrogens is 210 g/mol. The summed E-state index contributed by atoms with van der Waals surface area (Å²) in [7, 11) is 1.77. The Morgan fingerprint density at radius 3 is 2.59 bits per heavy atom. The lowest BCUT2D eigenvalue weighted by molar-refractivity contribution is 0.295. The third kappa shape index (κ3) is 2.32. The molecule has 92 valence electrons. The Balaban J connectivity index is 1.70. The summed E-state index contributed by atoms with van der Waals surface area (Å²) in [6, 6.07) is 10.0. The van der Waals surface area contributed by atoms with Gasteiger partial charge in [0.2, 0.25) is 0 Å². The fraction of sp³-hybridized carbons (Fsp3) is 0.600. The van der Waals surface area contributed by atoms with E-state index in [0.717, 1.165) is 23.8 Å². The molecule has 2 heterocycles.